The van der Waals surface area contributed by atoms with Crippen LogP contribution in [0.5, 0.6) is 0 Å². The average Bonchev–Trinajstić information content (AvgIpc) is 2.77. The van der Waals surface area contributed by atoms with Gasteiger partial charge in [0.2, 0.25) is 0 Å². The van der Waals surface area contributed by atoms with Gasteiger partial charge in [-0.3, -0.25) is 9.78 Å². The number of nitrogens with zero attached hydrogens (tertiary/aromatic N) is 1. The van der Waals surface area contributed by atoms with Gasteiger partial charge in [-0.15, -0.1) is 0 Å². The zero-order valence-corrected chi connectivity index (χ0v) is 20.0. The third-order valence-corrected chi connectivity index (χ3v) is 8.73. The van der Waals surface area contributed by atoms with Crippen LogP contribution in [-0.4, -0.2) is 30.5 Å². The van der Waals surface area contributed by atoms with Gasteiger partial charge in [-0.25, -0.2) is 8.42 Å². The van der Waals surface area contributed by atoms with Crippen LogP contribution in [0.15, 0.2) is 78.5 Å². The molecular formula is C27H27NO4S. The summed E-state index contributed by atoms with van der Waals surface area (Å²) < 4.78 is 24.0. The topological polar surface area (TPSA) is 84.3 Å². The second-order valence-electron chi connectivity index (χ2n) is 9.11. The Labute approximate surface area is 194 Å². The molecule has 1 aromatic heterocycles. The molecule has 1 unspecified atom stereocenters. The van der Waals surface area contributed by atoms with Crippen molar-refractivity contribution < 1.29 is 18.3 Å². The minimum Gasteiger partial charge on any atom is -0.380 e. The number of rotatable bonds is 5. The highest BCUT2D eigenvalue weighted by molar-refractivity contribution is 7.91. The molecule has 5 nitrogen and oxygen atoms in total. The number of allylic oxidation sites excluding steroid dienone is 2. The number of Topliss-reactive ketones (excluding diaryl/α,β-unsaturated/α-hetero) is 1. The number of benzene rings is 2. The molecule has 0 fully saturated rings. The maximum atomic E-state index is 12.6. The second kappa shape index (κ2) is 8.04. The third kappa shape index (κ3) is 3.94. The standard InChI is InChI=1S/C27H27NO4S/c1-18(29)23-13-12-21(19-9-6-5-7-10-19)17-27(23,30)24-16-22(26(2,3)33(4,31)32)15-20-11-8-14-28-25(20)24/h5-16,30H,17H2,1-4H3. The lowest BCUT2D eigenvalue weighted by molar-refractivity contribution is -0.115. The number of carbonyl (C=O) groups excluding carboxylic acids is 1. The fourth-order valence-corrected chi connectivity index (χ4v) is 4.87. The highest BCUT2D eigenvalue weighted by Gasteiger charge is 2.42. The fraction of sp³-hybridized carbons (Fsp3) is 0.259. The van der Waals surface area contributed by atoms with E-state index in [4.69, 9.17) is 0 Å². The van der Waals surface area contributed by atoms with Crippen molar-refractivity contribution in [2.45, 2.75) is 37.5 Å². The van der Waals surface area contributed by atoms with Gasteiger partial charge in [0.1, 0.15) is 5.60 Å². The Kier molecular flexibility index (Phi) is 5.63. The molecule has 1 atom stereocenters. The van der Waals surface area contributed by atoms with Crippen LogP contribution in [0.25, 0.3) is 16.5 Å². The van der Waals surface area contributed by atoms with E-state index in [1.165, 1.54) is 13.2 Å². The molecule has 0 bridgehead atoms. The fourth-order valence-electron chi connectivity index (χ4n) is 4.32. The minimum atomic E-state index is -3.47. The quantitative estimate of drug-likeness (QED) is 0.595. The summed E-state index contributed by atoms with van der Waals surface area (Å²) in [6.07, 6.45) is 6.52. The summed E-state index contributed by atoms with van der Waals surface area (Å²) in [6, 6.07) is 16.8. The van der Waals surface area contributed by atoms with E-state index >= 15 is 0 Å². The summed E-state index contributed by atoms with van der Waals surface area (Å²) in [5.41, 5.74) is 1.91. The molecule has 0 amide bonds. The molecule has 33 heavy (non-hydrogen) atoms. The van der Waals surface area contributed by atoms with E-state index in [1.54, 1.807) is 44.3 Å². The molecule has 1 aliphatic carbocycles. The number of pyridine rings is 1. The van der Waals surface area contributed by atoms with Crippen LogP contribution < -0.4 is 0 Å². The first-order valence-corrected chi connectivity index (χ1v) is 12.6. The first kappa shape index (κ1) is 23.1. The molecule has 0 saturated carbocycles. The van der Waals surface area contributed by atoms with Crippen molar-refractivity contribution in [3.05, 3.63) is 95.2 Å². The third-order valence-electron chi connectivity index (χ3n) is 6.64. The number of hydrogen-bond donors (Lipinski definition) is 1. The number of sulfone groups is 1. The summed E-state index contributed by atoms with van der Waals surface area (Å²) in [7, 11) is -3.47. The van der Waals surface area contributed by atoms with Gasteiger partial charge >= 0.3 is 0 Å². The molecule has 0 spiro atoms. The zero-order valence-electron chi connectivity index (χ0n) is 19.2. The van der Waals surface area contributed by atoms with Gasteiger partial charge in [-0.1, -0.05) is 48.6 Å². The second-order valence-corrected chi connectivity index (χ2v) is 11.7. The Morgan fingerprint density at radius 1 is 1.06 bits per heavy atom. The smallest absolute Gasteiger partial charge is 0.159 e. The lowest BCUT2D eigenvalue weighted by Crippen LogP contribution is -2.35. The van der Waals surface area contributed by atoms with Gasteiger partial charge in [0.15, 0.2) is 15.6 Å². The minimum absolute atomic E-state index is 0.164. The van der Waals surface area contributed by atoms with E-state index < -0.39 is 20.2 Å². The Hall–Kier alpha value is -3.09. The maximum Gasteiger partial charge on any atom is 0.159 e. The number of fused-ring (bicyclic) bond motifs is 1. The van der Waals surface area contributed by atoms with E-state index in [-0.39, 0.29) is 17.8 Å². The predicted molar refractivity (Wildman–Crippen MR) is 131 cm³/mol. The highest BCUT2D eigenvalue weighted by atomic mass is 32.2. The van der Waals surface area contributed by atoms with E-state index in [0.717, 1.165) is 11.1 Å². The van der Waals surface area contributed by atoms with Crippen LogP contribution in [-0.2, 0) is 25.0 Å². The normalized spacial score (nSPS) is 19.2. The Balaban J connectivity index is 2.01. The summed E-state index contributed by atoms with van der Waals surface area (Å²) in [4.78, 5) is 17.1. The summed E-state index contributed by atoms with van der Waals surface area (Å²) in [5.74, 6) is -0.252. The number of aromatic nitrogens is 1. The van der Waals surface area contributed by atoms with Crippen molar-refractivity contribution in [3.8, 4) is 0 Å². The van der Waals surface area contributed by atoms with Crippen LogP contribution in [0.2, 0.25) is 0 Å². The molecule has 4 rings (SSSR count). The molecule has 0 aliphatic heterocycles. The first-order valence-electron chi connectivity index (χ1n) is 10.7. The molecule has 170 valence electrons. The van der Waals surface area contributed by atoms with Crippen molar-refractivity contribution >= 4 is 32.1 Å². The molecule has 2 aromatic carbocycles. The highest BCUT2D eigenvalue weighted by Crippen LogP contribution is 2.45. The number of carbonyl (C=O) groups is 1. The van der Waals surface area contributed by atoms with E-state index in [0.29, 0.717) is 22.0 Å². The van der Waals surface area contributed by atoms with Crippen molar-refractivity contribution in [1.82, 2.24) is 4.98 Å². The monoisotopic (exact) mass is 461 g/mol. The van der Waals surface area contributed by atoms with Crippen LogP contribution in [0.3, 0.4) is 0 Å². The molecule has 0 saturated heterocycles. The van der Waals surface area contributed by atoms with Gasteiger partial charge in [0.25, 0.3) is 0 Å². The van der Waals surface area contributed by atoms with Crippen molar-refractivity contribution in [2.75, 3.05) is 6.26 Å². The summed E-state index contributed by atoms with van der Waals surface area (Å²) in [6.45, 7) is 4.72. The van der Waals surface area contributed by atoms with Gasteiger partial charge in [0.05, 0.1) is 10.3 Å². The van der Waals surface area contributed by atoms with Gasteiger partial charge in [-0.05, 0) is 55.7 Å². The summed E-state index contributed by atoms with van der Waals surface area (Å²) in [5, 5.41) is 12.9. The van der Waals surface area contributed by atoms with Gasteiger partial charge < -0.3 is 5.11 Å². The number of ketones is 1. The zero-order chi connectivity index (χ0) is 24.0. The van der Waals surface area contributed by atoms with Crippen LogP contribution in [0.4, 0.5) is 0 Å². The van der Waals surface area contributed by atoms with Crippen LogP contribution in [0.1, 0.15) is 43.9 Å². The van der Waals surface area contributed by atoms with Crippen LogP contribution >= 0.6 is 0 Å². The van der Waals surface area contributed by atoms with Gasteiger partial charge in [-0.2, -0.15) is 0 Å². The van der Waals surface area contributed by atoms with Crippen molar-refractivity contribution in [2.24, 2.45) is 0 Å². The molecular weight excluding hydrogens is 434 g/mol. The van der Waals surface area contributed by atoms with Crippen molar-refractivity contribution in [3.63, 3.8) is 0 Å². The molecule has 6 heteroatoms. The van der Waals surface area contributed by atoms with Gasteiger partial charge in [0, 0.05) is 35.4 Å². The number of hydrogen-bond acceptors (Lipinski definition) is 5. The van der Waals surface area contributed by atoms with Crippen LogP contribution in [0, 0.1) is 0 Å². The first-order chi connectivity index (χ1) is 15.4. The SMILES string of the molecule is CC(=O)C1=CC=C(c2ccccc2)CC1(O)c1cc(C(C)(C)S(C)(=O)=O)cc2cccnc12. The maximum absolute atomic E-state index is 12.6. The molecule has 1 N–H and O–H groups in total. The number of aliphatic hydroxyl groups is 1. The molecule has 1 aliphatic rings. The van der Waals surface area contributed by atoms with Crippen molar-refractivity contribution in [1.29, 1.82) is 0 Å². The Morgan fingerprint density at radius 2 is 1.76 bits per heavy atom. The summed E-state index contributed by atoms with van der Waals surface area (Å²) >= 11 is 0. The lowest BCUT2D eigenvalue weighted by Gasteiger charge is -2.35. The van der Waals surface area contributed by atoms with E-state index in [1.807, 2.05) is 42.5 Å². The van der Waals surface area contributed by atoms with E-state index in [9.17, 15) is 18.3 Å². The largest absolute Gasteiger partial charge is 0.380 e. The Morgan fingerprint density at radius 3 is 2.39 bits per heavy atom. The Bertz CT molecular complexity index is 1420. The van der Waals surface area contributed by atoms with E-state index in [2.05, 4.69) is 4.98 Å². The predicted octanol–water partition coefficient (Wildman–Crippen LogP) is 4.70. The molecule has 1 heterocycles. The average molecular weight is 462 g/mol. The molecule has 0 radical (unpaired) electrons. The molecule has 3 aromatic rings. The lowest BCUT2D eigenvalue weighted by atomic mass is 9.73.